The van der Waals surface area contributed by atoms with Crippen molar-refractivity contribution in [1.29, 1.82) is 0 Å². The highest BCUT2D eigenvalue weighted by Crippen LogP contribution is 2.16. The van der Waals surface area contributed by atoms with Crippen LogP contribution in [0.25, 0.3) is 0 Å². The van der Waals surface area contributed by atoms with Crippen LogP contribution >= 0.6 is 0 Å². The van der Waals surface area contributed by atoms with E-state index in [1.54, 1.807) is 4.90 Å². The van der Waals surface area contributed by atoms with Gasteiger partial charge in [-0.05, 0) is 18.4 Å². The van der Waals surface area contributed by atoms with Gasteiger partial charge in [0, 0.05) is 13.1 Å². The summed E-state index contributed by atoms with van der Waals surface area (Å²) in [7, 11) is 0. The highest BCUT2D eigenvalue weighted by Gasteiger charge is 2.24. The summed E-state index contributed by atoms with van der Waals surface area (Å²) < 4.78 is 23.1. The van der Waals surface area contributed by atoms with Crippen LogP contribution < -0.4 is 0 Å². The predicted octanol–water partition coefficient (Wildman–Crippen LogP) is 3.29. The highest BCUT2D eigenvalue weighted by molar-refractivity contribution is 5.67. The number of amides is 1. The number of benzene rings is 1. The molecular formula is C16H20FNO3. The van der Waals surface area contributed by atoms with Crippen molar-refractivity contribution >= 4 is 6.09 Å². The van der Waals surface area contributed by atoms with Gasteiger partial charge in [0.15, 0.2) is 0 Å². The SMILES string of the molecule is C=C(F)COC1CCN(C(=O)OCc2ccccc2)CC1. The first-order chi connectivity index (χ1) is 10.1. The third-order valence-electron chi connectivity index (χ3n) is 3.38. The molecule has 5 heteroatoms. The molecule has 114 valence electrons. The standard InChI is InChI=1S/C16H20FNO3/c1-13(17)11-20-15-7-9-18(10-8-15)16(19)21-12-14-5-3-2-4-6-14/h2-6,15H,1,7-12H2. The number of halogens is 1. The van der Waals surface area contributed by atoms with Crippen molar-refractivity contribution in [2.45, 2.75) is 25.6 Å². The number of nitrogens with zero attached hydrogens (tertiary/aromatic N) is 1. The van der Waals surface area contributed by atoms with Gasteiger partial charge in [-0.2, -0.15) is 0 Å². The molecule has 1 aliphatic rings. The van der Waals surface area contributed by atoms with Crippen LogP contribution in [-0.2, 0) is 16.1 Å². The molecule has 0 aromatic heterocycles. The van der Waals surface area contributed by atoms with E-state index in [4.69, 9.17) is 9.47 Å². The molecule has 1 saturated heterocycles. The second-order valence-electron chi connectivity index (χ2n) is 5.05. The number of carbonyl (C=O) groups is 1. The number of hydrogen-bond donors (Lipinski definition) is 0. The molecule has 1 aliphatic heterocycles. The summed E-state index contributed by atoms with van der Waals surface area (Å²) >= 11 is 0. The quantitative estimate of drug-likeness (QED) is 0.836. The normalized spacial score (nSPS) is 15.8. The number of ether oxygens (including phenoxy) is 2. The molecule has 1 aromatic carbocycles. The molecule has 0 radical (unpaired) electrons. The second kappa shape index (κ2) is 7.78. The maximum atomic E-state index is 12.5. The molecular weight excluding hydrogens is 273 g/mol. The lowest BCUT2D eigenvalue weighted by Crippen LogP contribution is -2.41. The third kappa shape index (κ3) is 5.19. The van der Waals surface area contributed by atoms with Gasteiger partial charge in [-0.3, -0.25) is 0 Å². The summed E-state index contributed by atoms with van der Waals surface area (Å²) in [5, 5.41) is 0. The summed E-state index contributed by atoms with van der Waals surface area (Å²) in [6, 6.07) is 9.56. The van der Waals surface area contributed by atoms with Crippen molar-refractivity contribution in [1.82, 2.24) is 4.90 Å². The summed E-state index contributed by atoms with van der Waals surface area (Å²) in [6.45, 7) is 4.50. The van der Waals surface area contributed by atoms with Crippen LogP contribution in [0.5, 0.6) is 0 Å². The Labute approximate surface area is 124 Å². The average Bonchev–Trinajstić information content (AvgIpc) is 2.52. The van der Waals surface area contributed by atoms with Crippen molar-refractivity contribution in [2.75, 3.05) is 19.7 Å². The topological polar surface area (TPSA) is 38.8 Å². The predicted molar refractivity (Wildman–Crippen MR) is 77.4 cm³/mol. The number of likely N-dealkylation sites (tertiary alicyclic amines) is 1. The molecule has 0 bridgehead atoms. The van der Waals surface area contributed by atoms with E-state index >= 15 is 0 Å². The summed E-state index contributed by atoms with van der Waals surface area (Å²) in [5.41, 5.74) is 0.963. The molecule has 4 nitrogen and oxygen atoms in total. The maximum Gasteiger partial charge on any atom is 0.410 e. The van der Waals surface area contributed by atoms with Gasteiger partial charge >= 0.3 is 6.09 Å². The molecule has 1 amide bonds. The van der Waals surface area contributed by atoms with Crippen LogP contribution in [-0.4, -0.2) is 36.8 Å². The van der Waals surface area contributed by atoms with E-state index in [0.29, 0.717) is 25.9 Å². The molecule has 0 N–H and O–H groups in total. The van der Waals surface area contributed by atoms with E-state index in [1.807, 2.05) is 30.3 Å². The maximum absolute atomic E-state index is 12.5. The zero-order chi connectivity index (χ0) is 15.1. The molecule has 1 heterocycles. The summed E-state index contributed by atoms with van der Waals surface area (Å²) in [5.74, 6) is -0.472. The van der Waals surface area contributed by atoms with Gasteiger partial charge in [0.05, 0.1) is 12.7 Å². The van der Waals surface area contributed by atoms with Crippen molar-refractivity contribution in [2.24, 2.45) is 0 Å². The smallest absolute Gasteiger partial charge is 0.410 e. The third-order valence-corrected chi connectivity index (χ3v) is 3.38. The van der Waals surface area contributed by atoms with Crippen LogP contribution in [0.2, 0.25) is 0 Å². The minimum absolute atomic E-state index is 0.0179. The fourth-order valence-electron chi connectivity index (χ4n) is 2.22. The van der Waals surface area contributed by atoms with Gasteiger partial charge in [-0.25, -0.2) is 9.18 Å². The molecule has 0 unspecified atom stereocenters. The molecule has 0 saturated carbocycles. The Morgan fingerprint density at radius 2 is 1.95 bits per heavy atom. The fourth-order valence-corrected chi connectivity index (χ4v) is 2.22. The first-order valence-corrected chi connectivity index (χ1v) is 7.05. The van der Waals surface area contributed by atoms with E-state index in [0.717, 1.165) is 5.56 Å². The van der Waals surface area contributed by atoms with Gasteiger partial charge in [0.25, 0.3) is 0 Å². The highest BCUT2D eigenvalue weighted by atomic mass is 19.1. The van der Waals surface area contributed by atoms with Crippen molar-refractivity contribution in [3.8, 4) is 0 Å². The van der Waals surface area contributed by atoms with Crippen LogP contribution in [0.15, 0.2) is 42.7 Å². The van der Waals surface area contributed by atoms with Crippen LogP contribution in [0.4, 0.5) is 9.18 Å². The lowest BCUT2D eigenvalue weighted by atomic mass is 10.1. The van der Waals surface area contributed by atoms with Gasteiger partial charge in [0.1, 0.15) is 12.4 Å². The lowest BCUT2D eigenvalue weighted by Gasteiger charge is -2.31. The first kappa shape index (κ1) is 15.5. The van der Waals surface area contributed by atoms with Crippen LogP contribution in [0.3, 0.4) is 0 Å². The Balaban J connectivity index is 1.69. The fraction of sp³-hybridized carbons (Fsp3) is 0.438. The minimum Gasteiger partial charge on any atom is -0.445 e. The van der Waals surface area contributed by atoms with Crippen molar-refractivity contribution < 1.29 is 18.7 Å². The number of rotatable bonds is 5. The molecule has 1 aromatic rings. The summed E-state index contributed by atoms with van der Waals surface area (Å²) in [4.78, 5) is 13.6. The number of hydrogen-bond acceptors (Lipinski definition) is 3. The van der Waals surface area contributed by atoms with Crippen LogP contribution in [0, 0.1) is 0 Å². The number of piperidine rings is 1. The average molecular weight is 293 g/mol. The molecule has 0 spiro atoms. The first-order valence-electron chi connectivity index (χ1n) is 7.05. The van der Waals surface area contributed by atoms with E-state index in [-0.39, 0.29) is 25.4 Å². The minimum atomic E-state index is -0.472. The molecule has 2 rings (SSSR count). The monoisotopic (exact) mass is 293 g/mol. The molecule has 0 aliphatic carbocycles. The van der Waals surface area contributed by atoms with E-state index in [1.165, 1.54) is 0 Å². The zero-order valence-electron chi connectivity index (χ0n) is 12.0. The lowest BCUT2D eigenvalue weighted by molar-refractivity contribution is 0.0101. The molecule has 0 atom stereocenters. The van der Waals surface area contributed by atoms with Gasteiger partial charge in [-0.15, -0.1) is 0 Å². The number of carbonyl (C=O) groups excluding carboxylic acids is 1. The van der Waals surface area contributed by atoms with Gasteiger partial charge < -0.3 is 14.4 Å². The van der Waals surface area contributed by atoms with Crippen molar-refractivity contribution in [3.63, 3.8) is 0 Å². The van der Waals surface area contributed by atoms with Gasteiger partial charge in [-0.1, -0.05) is 36.9 Å². The van der Waals surface area contributed by atoms with Crippen LogP contribution in [0.1, 0.15) is 18.4 Å². The zero-order valence-corrected chi connectivity index (χ0v) is 12.0. The Morgan fingerprint density at radius 1 is 1.29 bits per heavy atom. The Morgan fingerprint density at radius 3 is 2.57 bits per heavy atom. The van der Waals surface area contributed by atoms with E-state index < -0.39 is 5.83 Å². The summed E-state index contributed by atoms with van der Waals surface area (Å²) in [6.07, 6.45) is 1.05. The van der Waals surface area contributed by atoms with E-state index in [2.05, 4.69) is 6.58 Å². The largest absolute Gasteiger partial charge is 0.445 e. The van der Waals surface area contributed by atoms with Gasteiger partial charge in [0.2, 0.25) is 0 Å². The van der Waals surface area contributed by atoms with E-state index in [9.17, 15) is 9.18 Å². The Hall–Kier alpha value is -1.88. The van der Waals surface area contributed by atoms with Crippen molar-refractivity contribution in [3.05, 3.63) is 48.3 Å². The Bertz CT molecular complexity index is 470. The Kier molecular flexibility index (Phi) is 5.75. The molecule has 21 heavy (non-hydrogen) atoms. The molecule has 1 fully saturated rings. The second-order valence-corrected chi connectivity index (χ2v) is 5.05.